The molecule has 29 heavy (non-hydrogen) atoms. The van der Waals surface area contributed by atoms with Crippen molar-refractivity contribution in [2.24, 2.45) is 0 Å². The van der Waals surface area contributed by atoms with Crippen molar-refractivity contribution < 1.29 is 14.3 Å². The number of rotatable bonds is 10. The molecule has 0 saturated carbocycles. The second-order valence-corrected chi connectivity index (χ2v) is 6.59. The zero-order valence-electron chi connectivity index (χ0n) is 16.3. The van der Waals surface area contributed by atoms with Crippen LogP contribution in [0, 0.1) is 4.77 Å². The van der Waals surface area contributed by atoms with Gasteiger partial charge < -0.3 is 19.4 Å². The Hall–Kier alpha value is -3.13. The number of ether oxygens (including phenoxy) is 2. The van der Waals surface area contributed by atoms with E-state index in [2.05, 4.69) is 15.5 Å². The number of nitrogens with zero attached hydrogens (tertiary/aromatic N) is 2. The van der Waals surface area contributed by atoms with Crippen LogP contribution in [0.1, 0.15) is 23.1 Å². The SMILES string of the molecule is CCn1c(CCNC(=O)c2ccccc2OCCOc2ccccc2)n[nH]c1=S. The molecular weight excluding hydrogens is 388 g/mol. The van der Waals surface area contributed by atoms with Crippen molar-refractivity contribution in [2.45, 2.75) is 19.9 Å². The molecule has 2 aromatic carbocycles. The number of carbonyl (C=O) groups is 1. The maximum absolute atomic E-state index is 12.6. The Morgan fingerprint density at radius 1 is 1.10 bits per heavy atom. The topological polar surface area (TPSA) is 81.2 Å². The van der Waals surface area contributed by atoms with Crippen LogP contribution in [0.5, 0.6) is 11.5 Å². The van der Waals surface area contributed by atoms with Gasteiger partial charge in [-0.3, -0.25) is 9.89 Å². The molecule has 0 aliphatic carbocycles. The quantitative estimate of drug-likeness (QED) is 0.394. The van der Waals surface area contributed by atoms with Crippen LogP contribution in [0.3, 0.4) is 0 Å². The van der Waals surface area contributed by atoms with E-state index < -0.39 is 0 Å². The molecule has 0 aliphatic rings. The van der Waals surface area contributed by atoms with Gasteiger partial charge in [-0.1, -0.05) is 30.3 Å². The fourth-order valence-corrected chi connectivity index (χ4v) is 3.14. The molecule has 1 heterocycles. The van der Waals surface area contributed by atoms with E-state index in [0.717, 1.165) is 18.1 Å². The summed E-state index contributed by atoms with van der Waals surface area (Å²) in [5.74, 6) is 1.94. The summed E-state index contributed by atoms with van der Waals surface area (Å²) in [7, 11) is 0. The van der Waals surface area contributed by atoms with E-state index in [0.29, 0.717) is 42.3 Å². The number of benzene rings is 2. The highest BCUT2D eigenvalue weighted by Crippen LogP contribution is 2.18. The maximum atomic E-state index is 12.6. The molecule has 0 saturated heterocycles. The molecule has 0 spiro atoms. The Labute approximate surface area is 174 Å². The molecule has 152 valence electrons. The molecule has 3 rings (SSSR count). The molecule has 8 heteroatoms. The minimum atomic E-state index is -0.193. The first-order valence-corrected chi connectivity index (χ1v) is 9.91. The Balaban J connectivity index is 1.50. The molecule has 2 N–H and O–H groups in total. The lowest BCUT2D eigenvalue weighted by Gasteiger charge is -2.12. The molecule has 3 aromatic rings. The van der Waals surface area contributed by atoms with E-state index in [1.165, 1.54) is 0 Å². The fraction of sp³-hybridized carbons (Fsp3) is 0.286. The van der Waals surface area contributed by atoms with Gasteiger partial charge in [0.15, 0.2) is 4.77 Å². The largest absolute Gasteiger partial charge is 0.490 e. The van der Waals surface area contributed by atoms with E-state index in [-0.39, 0.29) is 5.91 Å². The van der Waals surface area contributed by atoms with Gasteiger partial charge >= 0.3 is 0 Å². The molecule has 1 aromatic heterocycles. The average Bonchev–Trinajstić information content (AvgIpc) is 3.11. The predicted molar refractivity (Wildman–Crippen MR) is 113 cm³/mol. The van der Waals surface area contributed by atoms with Gasteiger partial charge in [0, 0.05) is 19.5 Å². The van der Waals surface area contributed by atoms with Gasteiger partial charge in [0.05, 0.1) is 5.56 Å². The summed E-state index contributed by atoms with van der Waals surface area (Å²) in [5.41, 5.74) is 0.488. The van der Waals surface area contributed by atoms with Gasteiger partial charge in [0.2, 0.25) is 0 Å². The number of hydrogen-bond donors (Lipinski definition) is 2. The summed E-state index contributed by atoms with van der Waals surface area (Å²) in [6, 6.07) is 16.7. The molecular formula is C21H24N4O3S. The van der Waals surface area contributed by atoms with Crippen molar-refractivity contribution in [3.63, 3.8) is 0 Å². The van der Waals surface area contributed by atoms with Crippen molar-refractivity contribution in [3.8, 4) is 11.5 Å². The second kappa shape index (κ2) is 10.4. The van der Waals surface area contributed by atoms with Crippen LogP contribution in [-0.2, 0) is 13.0 Å². The van der Waals surface area contributed by atoms with Crippen LogP contribution in [0.4, 0.5) is 0 Å². The third-order valence-corrected chi connectivity index (χ3v) is 4.58. The molecule has 0 atom stereocenters. The first kappa shape index (κ1) is 20.6. The summed E-state index contributed by atoms with van der Waals surface area (Å²) < 4.78 is 13.9. The number of aromatic amines is 1. The molecule has 0 aliphatic heterocycles. The molecule has 7 nitrogen and oxygen atoms in total. The monoisotopic (exact) mass is 412 g/mol. The van der Waals surface area contributed by atoms with Crippen LogP contribution in [0.2, 0.25) is 0 Å². The second-order valence-electron chi connectivity index (χ2n) is 6.20. The van der Waals surface area contributed by atoms with Crippen molar-refractivity contribution in [2.75, 3.05) is 19.8 Å². The smallest absolute Gasteiger partial charge is 0.255 e. The number of nitrogens with one attached hydrogen (secondary N) is 2. The van der Waals surface area contributed by atoms with Gasteiger partial charge in [-0.05, 0) is 43.4 Å². The summed E-state index contributed by atoms with van der Waals surface area (Å²) in [4.78, 5) is 12.6. The van der Waals surface area contributed by atoms with Gasteiger partial charge in [-0.2, -0.15) is 5.10 Å². The van der Waals surface area contributed by atoms with Crippen molar-refractivity contribution >= 4 is 18.1 Å². The van der Waals surface area contributed by atoms with E-state index in [1.807, 2.05) is 54.0 Å². The van der Waals surface area contributed by atoms with E-state index in [4.69, 9.17) is 21.7 Å². The summed E-state index contributed by atoms with van der Waals surface area (Å²) in [6.07, 6.45) is 0.584. The molecule has 0 unspecified atom stereocenters. The van der Waals surface area contributed by atoms with Gasteiger partial charge in [0.1, 0.15) is 30.5 Å². The molecule has 1 amide bonds. The third-order valence-electron chi connectivity index (χ3n) is 4.27. The van der Waals surface area contributed by atoms with E-state index in [1.54, 1.807) is 12.1 Å². The number of H-pyrrole nitrogens is 1. The summed E-state index contributed by atoms with van der Waals surface area (Å²) >= 11 is 5.18. The number of aromatic nitrogens is 3. The Morgan fingerprint density at radius 3 is 2.62 bits per heavy atom. The van der Waals surface area contributed by atoms with E-state index in [9.17, 15) is 4.79 Å². The molecule has 0 radical (unpaired) electrons. The lowest BCUT2D eigenvalue weighted by Crippen LogP contribution is -2.27. The van der Waals surface area contributed by atoms with Gasteiger partial charge in [-0.25, -0.2) is 0 Å². The number of carbonyl (C=O) groups excluding carboxylic acids is 1. The highest BCUT2D eigenvalue weighted by Gasteiger charge is 2.12. The highest BCUT2D eigenvalue weighted by atomic mass is 32.1. The maximum Gasteiger partial charge on any atom is 0.255 e. The van der Waals surface area contributed by atoms with E-state index >= 15 is 0 Å². The summed E-state index contributed by atoms with van der Waals surface area (Å²) in [6.45, 7) is 3.91. The van der Waals surface area contributed by atoms with Gasteiger partial charge in [0.25, 0.3) is 5.91 Å². The summed E-state index contributed by atoms with van der Waals surface area (Å²) in [5, 5.41) is 9.90. The zero-order valence-corrected chi connectivity index (χ0v) is 17.1. The fourth-order valence-electron chi connectivity index (χ4n) is 2.86. The normalized spacial score (nSPS) is 10.5. The van der Waals surface area contributed by atoms with Crippen LogP contribution in [0.25, 0.3) is 0 Å². The minimum Gasteiger partial charge on any atom is -0.490 e. The third kappa shape index (κ3) is 5.68. The van der Waals surface area contributed by atoms with Crippen LogP contribution in [-0.4, -0.2) is 40.4 Å². The first-order valence-electron chi connectivity index (χ1n) is 9.51. The lowest BCUT2D eigenvalue weighted by atomic mass is 10.2. The standard InChI is InChI=1S/C21H24N4O3S/c1-2-25-19(23-24-21(25)29)12-13-22-20(26)17-10-6-7-11-18(17)28-15-14-27-16-8-4-3-5-9-16/h3-11H,2,12-15H2,1H3,(H,22,26)(H,24,29). The molecule has 0 fully saturated rings. The number of amides is 1. The lowest BCUT2D eigenvalue weighted by molar-refractivity contribution is 0.0948. The van der Waals surface area contributed by atoms with Crippen molar-refractivity contribution in [1.29, 1.82) is 0 Å². The number of hydrogen-bond acceptors (Lipinski definition) is 5. The van der Waals surface area contributed by atoms with Crippen LogP contribution in [0.15, 0.2) is 54.6 Å². The highest BCUT2D eigenvalue weighted by molar-refractivity contribution is 7.71. The number of para-hydroxylation sites is 2. The zero-order chi connectivity index (χ0) is 20.5. The van der Waals surface area contributed by atoms with Crippen molar-refractivity contribution in [3.05, 3.63) is 70.8 Å². The van der Waals surface area contributed by atoms with Crippen molar-refractivity contribution in [1.82, 2.24) is 20.1 Å². The van der Waals surface area contributed by atoms with Gasteiger partial charge in [-0.15, -0.1) is 0 Å². The Kier molecular flexibility index (Phi) is 7.40. The molecule has 0 bridgehead atoms. The Morgan fingerprint density at radius 2 is 1.83 bits per heavy atom. The first-order chi connectivity index (χ1) is 14.2. The van der Waals surface area contributed by atoms with Crippen LogP contribution >= 0.6 is 12.2 Å². The predicted octanol–water partition coefficient (Wildman–Crippen LogP) is 3.39. The Bertz CT molecular complexity index is 985. The minimum absolute atomic E-state index is 0.193. The van der Waals surface area contributed by atoms with Crippen LogP contribution < -0.4 is 14.8 Å². The average molecular weight is 413 g/mol.